The van der Waals surface area contributed by atoms with E-state index in [0.717, 1.165) is 18.2 Å². The number of benzene rings is 1. The number of aromatic nitrogens is 2. The molecule has 0 aliphatic heterocycles. The molecular weight excluding hydrogens is 279 g/mol. The molecule has 0 saturated heterocycles. The van der Waals surface area contributed by atoms with Crippen LogP contribution in [0.4, 0.5) is 16.0 Å². The van der Waals surface area contributed by atoms with E-state index in [1.807, 2.05) is 0 Å². The number of ether oxygens (including phenoxy) is 1. The maximum absolute atomic E-state index is 12.9. The van der Waals surface area contributed by atoms with Gasteiger partial charge in [0.2, 0.25) is 17.6 Å². The van der Waals surface area contributed by atoms with E-state index in [4.69, 9.17) is 22.1 Å². The number of halogens is 2. The molecule has 2 N–H and O–H groups in total. The molecule has 2 aromatic rings. The van der Waals surface area contributed by atoms with Gasteiger partial charge >= 0.3 is 5.69 Å². The molecule has 2 rings (SSSR count). The number of hydrogen-bond donors (Lipinski definition) is 1. The van der Waals surface area contributed by atoms with Gasteiger partial charge in [0.1, 0.15) is 11.0 Å². The predicted molar refractivity (Wildman–Crippen MR) is 64.6 cm³/mol. The monoisotopic (exact) mass is 284 g/mol. The van der Waals surface area contributed by atoms with E-state index in [9.17, 15) is 14.5 Å². The van der Waals surface area contributed by atoms with Crippen LogP contribution in [0.1, 0.15) is 0 Å². The Hall–Kier alpha value is -2.48. The summed E-state index contributed by atoms with van der Waals surface area (Å²) in [5, 5.41) is 10.8. The van der Waals surface area contributed by atoms with E-state index in [0.29, 0.717) is 0 Å². The lowest BCUT2D eigenvalue weighted by Crippen LogP contribution is -1.99. The molecule has 1 aromatic heterocycles. The van der Waals surface area contributed by atoms with Crippen LogP contribution in [0.15, 0.2) is 24.3 Å². The Morgan fingerprint density at radius 2 is 2.11 bits per heavy atom. The summed E-state index contributed by atoms with van der Waals surface area (Å²) < 4.78 is 18.1. The Bertz CT molecular complexity index is 632. The summed E-state index contributed by atoms with van der Waals surface area (Å²) >= 11 is 5.64. The summed E-state index contributed by atoms with van der Waals surface area (Å²) in [6, 6.07) is 4.10. The van der Waals surface area contributed by atoms with E-state index < -0.39 is 16.4 Å². The van der Waals surface area contributed by atoms with Crippen LogP contribution in [0, 0.1) is 15.9 Å². The van der Waals surface area contributed by atoms with E-state index in [2.05, 4.69) is 9.97 Å². The lowest BCUT2D eigenvalue weighted by molar-refractivity contribution is -0.385. The number of nitro benzene ring substituents is 1. The average molecular weight is 285 g/mol. The lowest BCUT2D eigenvalue weighted by Gasteiger charge is -2.06. The van der Waals surface area contributed by atoms with Gasteiger partial charge in [-0.05, 0) is 12.1 Å². The van der Waals surface area contributed by atoms with Crippen LogP contribution >= 0.6 is 11.6 Å². The second-order valence-corrected chi connectivity index (χ2v) is 3.75. The first kappa shape index (κ1) is 13.0. The summed E-state index contributed by atoms with van der Waals surface area (Å²) in [5.74, 6) is -1.15. The number of nitrogen functional groups attached to an aromatic ring is 1. The fraction of sp³-hybridized carbons (Fsp3) is 0. The maximum atomic E-state index is 12.9. The number of anilines is 1. The zero-order chi connectivity index (χ0) is 14.0. The molecule has 1 aromatic carbocycles. The van der Waals surface area contributed by atoms with Gasteiger partial charge < -0.3 is 10.5 Å². The third-order valence-electron chi connectivity index (χ3n) is 2.02. The van der Waals surface area contributed by atoms with Crippen LogP contribution in [0.25, 0.3) is 0 Å². The Balaban J connectivity index is 2.40. The minimum Gasteiger partial charge on any atom is -0.432 e. The van der Waals surface area contributed by atoms with E-state index >= 15 is 0 Å². The first-order chi connectivity index (χ1) is 8.95. The van der Waals surface area contributed by atoms with Crippen LogP contribution in [0.2, 0.25) is 5.15 Å². The average Bonchev–Trinajstić information content (AvgIpc) is 2.30. The number of nitro groups is 1. The first-order valence-electron chi connectivity index (χ1n) is 4.87. The van der Waals surface area contributed by atoms with Crippen molar-refractivity contribution in [2.75, 3.05) is 5.73 Å². The zero-order valence-electron chi connectivity index (χ0n) is 9.21. The second-order valence-electron chi connectivity index (χ2n) is 3.36. The Kier molecular flexibility index (Phi) is 3.43. The second kappa shape index (κ2) is 5.02. The van der Waals surface area contributed by atoms with Gasteiger partial charge in [-0.1, -0.05) is 11.6 Å². The van der Waals surface area contributed by atoms with Crippen molar-refractivity contribution in [2.45, 2.75) is 0 Å². The van der Waals surface area contributed by atoms with Crippen LogP contribution in [-0.2, 0) is 0 Å². The number of rotatable bonds is 3. The fourth-order valence-corrected chi connectivity index (χ4v) is 1.48. The van der Waals surface area contributed by atoms with Gasteiger partial charge in [0, 0.05) is 6.07 Å². The third kappa shape index (κ3) is 3.05. The predicted octanol–water partition coefficient (Wildman–Crippen LogP) is 2.55. The highest BCUT2D eigenvalue weighted by Crippen LogP contribution is 2.31. The van der Waals surface area contributed by atoms with Crippen molar-refractivity contribution in [3.63, 3.8) is 0 Å². The Labute approximate surface area is 111 Å². The summed E-state index contributed by atoms with van der Waals surface area (Å²) in [6.07, 6.45) is 0. The third-order valence-corrected chi connectivity index (χ3v) is 2.21. The number of nitrogens with zero attached hydrogens (tertiary/aromatic N) is 3. The van der Waals surface area contributed by atoms with E-state index in [-0.39, 0.29) is 22.7 Å². The van der Waals surface area contributed by atoms with Crippen LogP contribution in [0.3, 0.4) is 0 Å². The van der Waals surface area contributed by atoms with Crippen LogP contribution < -0.4 is 10.5 Å². The van der Waals surface area contributed by atoms with Crippen molar-refractivity contribution in [1.82, 2.24) is 9.97 Å². The molecule has 19 heavy (non-hydrogen) atoms. The van der Waals surface area contributed by atoms with Gasteiger partial charge in [-0.3, -0.25) is 10.1 Å². The number of nitrogens with two attached hydrogens (primary N) is 1. The van der Waals surface area contributed by atoms with Gasteiger partial charge in [0.15, 0.2) is 0 Å². The topological polar surface area (TPSA) is 104 Å². The molecule has 0 spiro atoms. The van der Waals surface area contributed by atoms with Crippen LogP contribution in [0.5, 0.6) is 11.6 Å². The molecule has 0 saturated carbocycles. The van der Waals surface area contributed by atoms with Gasteiger partial charge in [-0.2, -0.15) is 4.98 Å². The summed E-state index contributed by atoms with van der Waals surface area (Å²) in [7, 11) is 0. The molecule has 1 heterocycles. The van der Waals surface area contributed by atoms with E-state index in [1.54, 1.807) is 0 Å². The van der Waals surface area contributed by atoms with Crippen molar-refractivity contribution < 1.29 is 14.1 Å². The van der Waals surface area contributed by atoms with Crippen molar-refractivity contribution in [2.24, 2.45) is 0 Å². The molecule has 0 aliphatic carbocycles. The van der Waals surface area contributed by atoms with Crippen molar-refractivity contribution in [1.29, 1.82) is 0 Å². The fourth-order valence-electron chi connectivity index (χ4n) is 1.30. The quantitative estimate of drug-likeness (QED) is 0.527. The van der Waals surface area contributed by atoms with Gasteiger partial charge in [0.25, 0.3) is 0 Å². The summed E-state index contributed by atoms with van der Waals surface area (Å²) in [5.41, 5.74) is 4.82. The molecule has 0 unspecified atom stereocenters. The molecule has 98 valence electrons. The standard InChI is InChI=1S/C10H6ClFN4O3/c11-8-4-9(15-10(13)14-8)19-7-2-1-5(12)3-6(7)16(17)18/h1-4H,(H2,13,14,15). The highest BCUT2D eigenvalue weighted by atomic mass is 35.5. The SMILES string of the molecule is Nc1nc(Cl)cc(Oc2ccc(F)cc2[N+](=O)[O-])n1. The van der Waals surface area contributed by atoms with Crippen LogP contribution in [-0.4, -0.2) is 14.9 Å². The lowest BCUT2D eigenvalue weighted by atomic mass is 10.3. The largest absolute Gasteiger partial charge is 0.432 e. The molecule has 0 aliphatic rings. The molecule has 0 radical (unpaired) electrons. The highest BCUT2D eigenvalue weighted by Gasteiger charge is 2.17. The van der Waals surface area contributed by atoms with Gasteiger partial charge in [-0.15, -0.1) is 0 Å². The molecule has 0 fully saturated rings. The van der Waals surface area contributed by atoms with Crippen molar-refractivity contribution in [3.8, 4) is 11.6 Å². The zero-order valence-corrected chi connectivity index (χ0v) is 9.96. The molecule has 0 amide bonds. The molecule has 0 atom stereocenters. The van der Waals surface area contributed by atoms with Crippen molar-refractivity contribution in [3.05, 3.63) is 45.4 Å². The van der Waals surface area contributed by atoms with E-state index in [1.165, 1.54) is 6.07 Å². The highest BCUT2D eigenvalue weighted by molar-refractivity contribution is 6.29. The summed E-state index contributed by atoms with van der Waals surface area (Å²) in [4.78, 5) is 17.3. The smallest absolute Gasteiger partial charge is 0.314 e. The Morgan fingerprint density at radius 3 is 2.74 bits per heavy atom. The van der Waals surface area contributed by atoms with Gasteiger partial charge in [0.05, 0.1) is 11.0 Å². The maximum Gasteiger partial charge on any atom is 0.314 e. The normalized spacial score (nSPS) is 10.2. The molecule has 7 nitrogen and oxygen atoms in total. The minimum atomic E-state index is -0.773. The minimum absolute atomic E-state index is 0.0206. The first-order valence-corrected chi connectivity index (χ1v) is 5.25. The molecule has 0 bridgehead atoms. The van der Waals surface area contributed by atoms with Gasteiger partial charge in [-0.25, -0.2) is 9.37 Å². The Morgan fingerprint density at radius 1 is 1.37 bits per heavy atom. The molecular formula is C10H6ClFN4O3. The molecule has 9 heteroatoms. The number of hydrogen-bond acceptors (Lipinski definition) is 6. The van der Waals surface area contributed by atoms with Crippen molar-refractivity contribution >= 4 is 23.2 Å². The summed E-state index contributed by atoms with van der Waals surface area (Å²) in [6.45, 7) is 0.